The third-order valence-electron chi connectivity index (χ3n) is 8.48. The van der Waals surface area contributed by atoms with Gasteiger partial charge < -0.3 is 15.3 Å². The third kappa shape index (κ3) is 6.92. The summed E-state index contributed by atoms with van der Waals surface area (Å²) in [6, 6.07) is 20.6. The zero-order valence-corrected chi connectivity index (χ0v) is 27.5. The van der Waals surface area contributed by atoms with Crippen LogP contribution in [0.25, 0.3) is 22.9 Å². The molecule has 252 valence electrons. The number of Topliss-reactive ketones (excluding diaryl/α,β-unsaturated/α-hetero) is 1. The number of amides is 2. The summed E-state index contributed by atoms with van der Waals surface area (Å²) in [5.41, 5.74) is 4.65. The van der Waals surface area contributed by atoms with E-state index in [2.05, 4.69) is 20.8 Å². The standard InChI is InChI=1S/C37H30ClFN6O5/c1-2-40-36(48)24-12-10-23(11-13-24)26-4-3-5-28-27(26)18-19-44(35(28)32(46)20-22-6-8-25(9-7-22)37(49)50)33(47)17-14-29-31(45-21-41-42-43-45)16-15-30(38)34(29)39/h3-17,21,35H,2,18-20H2,1H3,(H,40,48)(H,49,50)/b17-14+. The second-order valence-electron chi connectivity index (χ2n) is 11.5. The van der Waals surface area contributed by atoms with Crippen molar-refractivity contribution in [1.29, 1.82) is 0 Å². The molecule has 4 aromatic carbocycles. The number of carbonyl (C=O) groups is 4. The Morgan fingerprint density at radius 1 is 1.00 bits per heavy atom. The van der Waals surface area contributed by atoms with Crippen LogP contribution >= 0.6 is 11.6 Å². The quantitative estimate of drug-likeness (QED) is 0.182. The number of aromatic carboxylic acids is 1. The minimum atomic E-state index is -1.08. The molecule has 1 aliphatic rings. The van der Waals surface area contributed by atoms with E-state index in [1.54, 1.807) is 24.3 Å². The number of ketones is 1. The van der Waals surface area contributed by atoms with Gasteiger partial charge in [0.1, 0.15) is 12.4 Å². The maximum absolute atomic E-state index is 15.3. The predicted octanol–water partition coefficient (Wildman–Crippen LogP) is 5.52. The molecule has 2 amide bonds. The van der Waals surface area contributed by atoms with Crippen LogP contribution in [0.15, 0.2) is 91.3 Å². The fraction of sp³-hybridized carbons (Fsp3) is 0.162. The molecule has 1 atom stereocenters. The normalized spacial score (nSPS) is 14.0. The highest BCUT2D eigenvalue weighted by atomic mass is 35.5. The summed E-state index contributed by atoms with van der Waals surface area (Å²) in [5.74, 6) is -2.86. The molecule has 0 bridgehead atoms. The van der Waals surface area contributed by atoms with Crippen molar-refractivity contribution in [2.75, 3.05) is 13.1 Å². The van der Waals surface area contributed by atoms with Crippen LogP contribution in [0.3, 0.4) is 0 Å². The number of carboxylic acid groups (broad SMARTS) is 1. The van der Waals surface area contributed by atoms with Gasteiger partial charge in [-0.1, -0.05) is 54.1 Å². The molecule has 5 aromatic rings. The highest BCUT2D eigenvalue weighted by Gasteiger charge is 2.36. The van der Waals surface area contributed by atoms with Gasteiger partial charge in [-0.3, -0.25) is 14.4 Å². The SMILES string of the molecule is CCNC(=O)c1ccc(-c2cccc3c2CCN(C(=O)/C=C/c2c(-n4cnnn4)ccc(Cl)c2F)C3C(=O)Cc2ccc(C(=O)O)cc2)cc1. The average molecular weight is 693 g/mol. The maximum Gasteiger partial charge on any atom is 0.335 e. The van der Waals surface area contributed by atoms with Gasteiger partial charge in [-0.15, -0.1) is 5.10 Å². The highest BCUT2D eigenvalue weighted by molar-refractivity contribution is 6.31. The van der Waals surface area contributed by atoms with E-state index >= 15 is 4.39 Å². The molecule has 6 rings (SSSR count). The molecular weight excluding hydrogens is 663 g/mol. The number of halogens is 2. The largest absolute Gasteiger partial charge is 0.478 e. The first-order valence-electron chi connectivity index (χ1n) is 15.7. The van der Waals surface area contributed by atoms with Crippen molar-refractivity contribution in [1.82, 2.24) is 30.4 Å². The van der Waals surface area contributed by atoms with E-state index in [4.69, 9.17) is 11.6 Å². The topological polar surface area (TPSA) is 147 Å². The summed E-state index contributed by atoms with van der Waals surface area (Å²) in [7, 11) is 0. The van der Waals surface area contributed by atoms with E-state index in [0.717, 1.165) is 16.7 Å². The minimum absolute atomic E-state index is 0.0182. The third-order valence-corrected chi connectivity index (χ3v) is 8.77. The van der Waals surface area contributed by atoms with Crippen LogP contribution in [0.4, 0.5) is 4.39 Å². The van der Waals surface area contributed by atoms with Crippen LogP contribution in [0.1, 0.15) is 55.9 Å². The molecule has 0 saturated carbocycles. The van der Waals surface area contributed by atoms with Gasteiger partial charge in [0.25, 0.3) is 5.91 Å². The molecular formula is C37H30ClFN6O5. The molecule has 2 heterocycles. The molecule has 0 spiro atoms. The number of rotatable bonds is 10. The predicted molar refractivity (Wildman–Crippen MR) is 183 cm³/mol. The van der Waals surface area contributed by atoms with E-state index in [1.807, 2.05) is 37.3 Å². The molecule has 0 aliphatic carbocycles. The van der Waals surface area contributed by atoms with E-state index in [1.165, 1.54) is 52.3 Å². The summed E-state index contributed by atoms with van der Waals surface area (Å²) in [4.78, 5) is 53.3. The number of carboxylic acids is 1. The summed E-state index contributed by atoms with van der Waals surface area (Å²) >= 11 is 6.08. The van der Waals surface area contributed by atoms with Crippen molar-refractivity contribution in [3.8, 4) is 16.8 Å². The fourth-order valence-electron chi connectivity index (χ4n) is 6.09. The number of nitrogens with one attached hydrogen (secondary N) is 1. The Bertz CT molecular complexity index is 2120. The Morgan fingerprint density at radius 3 is 2.42 bits per heavy atom. The van der Waals surface area contributed by atoms with Gasteiger partial charge in [0, 0.05) is 36.7 Å². The second-order valence-corrected chi connectivity index (χ2v) is 11.9. The molecule has 0 saturated heterocycles. The van der Waals surface area contributed by atoms with Crippen LogP contribution in [0.5, 0.6) is 0 Å². The van der Waals surface area contributed by atoms with Crippen molar-refractivity contribution in [3.05, 3.63) is 135 Å². The number of tetrazole rings is 1. The first kappa shape index (κ1) is 33.9. The van der Waals surface area contributed by atoms with Crippen LogP contribution in [0.2, 0.25) is 5.02 Å². The summed E-state index contributed by atoms with van der Waals surface area (Å²) in [5, 5.41) is 23.0. The minimum Gasteiger partial charge on any atom is -0.478 e. The molecule has 0 radical (unpaired) electrons. The lowest BCUT2D eigenvalue weighted by molar-refractivity contribution is -0.136. The molecule has 2 N–H and O–H groups in total. The Hall–Kier alpha value is -6.01. The van der Waals surface area contributed by atoms with E-state index in [0.29, 0.717) is 29.7 Å². The number of benzene rings is 4. The number of hydrogen-bond donors (Lipinski definition) is 2. The van der Waals surface area contributed by atoms with Crippen molar-refractivity contribution in [3.63, 3.8) is 0 Å². The number of nitrogens with zero attached hydrogens (tertiary/aromatic N) is 5. The lowest BCUT2D eigenvalue weighted by Crippen LogP contribution is -2.43. The summed E-state index contributed by atoms with van der Waals surface area (Å²) in [6.07, 6.45) is 4.11. The lowest BCUT2D eigenvalue weighted by atomic mass is 9.83. The summed E-state index contributed by atoms with van der Waals surface area (Å²) < 4.78 is 16.5. The van der Waals surface area contributed by atoms with Gasteiger partial charge in [-0.05, 0) is 94.1 Å². The number of fused-ring (bicyclic) bond motifs is 1. The fourth-order valence-corrected chi connectivity index (χ4v) is 6.25. The first-order valence-corrected chi connectivity index (χ1v) is 16.1. The van der Waals surface area contributed by atoms with Crippen LogP contribution in [-0.4, -0.2) is 66.9 Å². The molecule has 0 fully saturated rings. The average Bonchev–Trinajstić information content (AvgIpc) is 3.66. The van der Waals surface area contributed by atoms with Gasteiger partial charge in [-0.25, -0.2) is 9.18 Å². The highest BCUT2D eigenvalue weighted by Crippen LogP contribution is 2.38. The number of carbonyl (C=O) groups excluding carboxylic acids is 3. The molecule has 13 heteroatoms. The van der Waals surface area contributed by atoms with Crippen molar-refractivity contribution in [2.45, 2.75) is 25.8 Å². The molecule has 1 unspecified atom stereocenters. The molecule has 1 aliphatic heterocycles. The Morgan fingerprint density at radius 2 is 1.74 bits per heavy atom. The van der Waals surface area contributed by atoms with Crippen LogP contribution in [0, 0.1) is 5.82 Å². The van der Waals surface area contributed by atoms with Crippen molar-refractivity contribution < 1.29 is 28.7 Å². The molecule has 1 aromatic heterocycles. The molecule has 50 heavy (non-hydrogen) atoms. The number of aromatic nitrogens is 4. The van der Waals surface area contributed by atoms with Crippen molar-refractivity contribution in [2.24, 2.45) is 0 Å². The van der Waals surface area contributed by atoms with Crippen LogP contribution in [-0.2, 0) is 22.4 Å². The molecule has 11 nitrogen and oxygen atoms in total. The van der Waals surface area contributed by atoms with Gasteiger partial charge in [0.05, 0.1) is 16.3 Å². The second kappa shape index (κ2) is 14.6. The smallest absolute Gasteiger partial charge is 0.335 e. The summed E-state index contributed by atoms with van der Waals surface area (Å²) in [6.45, 7) is 2.53. The first-order chi connectivity index (χ1) is 24.2. The maximum atomic E-state index is 15.3. The lowest BCUT2D eigenvalue weighted by Gasteiger charge is -2.37. The van der Waals surface area contributed by atoms with Gasteiger partial charge in [-0.2, -0.15) is 4.68 Å². The van der Waals surface area contributed by atoms with Gasteiger partial charge in [0.15, 0.2) is 11.6 Å². The van der Waals surface area contributed by atoms with E-state index in [-0.39, 0.29) is 46.5 Å². The Kier molecular flexibility index (Phi) is 9.91. The van der Waals surface area contributed by atoms with E-state index in [9.17, 15) is 24.3 Å². The van der Waals surface area contributed by atoms with E-state index < -0.39 is 23.7 Å². The zero-order valence-electron chi connectivity index (χ0n) is 26.7. The van der Waals surface area contributed by atoms with Crippen LogP contribution < -0.4 is 5.32 Å². The Labute approximate surface area is 291 Å². The van der Waals surface area contributed by atoms with Gasteiger partial charge in [0.2, 0.25) is 5.91 Å². The number of hydrogen-bond acceptors (Lipinski definition) is 7. The monoisotopic (exact) mass is 692 g/mol. The van der Waals surface area contributed by atoms with Crippen molar-refractivity contribution >= 4 is 41.2 Å². The zero-order chi connectivity index (χ0) is 35.4. The van der Waals surface area contributed by atoms with Gasteiger partial charge >= 0.3 is 5.97 Å². The Balaban J connectivity index is 1.37.